The van der Waals surface area contributed by atoms with Crippen LogP contribution in [0, 0.1) is 0 Å². The van der Waals surface area contributed by atoms with Crippen LogP contribution in [-0.4, -0.2) is 43.4 Å². The lowest BCUT2D eigenvalue weighted by atomic mass is 10.3. The first-order valence-electron chi connectivity index (χ1n) is 8.08. The summed E-state index contributed by atoms with van der Waals surface area (Å²) < 4.78 is 2.05. The van der Waals surface area contributed by atoms with Crippen molar-refractivity contribution in [3.8, 4) is 11.4 Å². The summed E-state index contributed by atoms with van der Waals surface area (Å²) in [6.07, 6.45) is 5.57. The molecular formula is C18H19N5OS2. The van der Waals surface area contributed by atoms with Gasteiger partial charge in [-0.1, -0.05) is 30.0 Å². The molecule has 1 N–H and O–H groups in total. The van der Waals surface area contributed by atoms with Crippen LogP contribution in [0.4, 0.5) is 5.69 Å². The van der Waals surface area contributed by atoms with Crippen LogP contribution in [0.1, 0.15) is 0 Å². The molecule has 0 fully saturated rings. The lowest BCUT2D eigenvalue weighted by Crippen LogP contribution is -2.14. The number of para-hydroxylation sites is 1. The first-order chi connectivity index (χ1) is 12.8. The SMILES string of the molecule is CSCCn1c(SCC(=O)Nc2ccccc2)nnc1-c1cccnc1. The van der Waals surface area contributed by atoms with Gasteiger partial charge in [-0.25, -0.2) is 0 Å². The Balaban J connectivity index is 1.71. The zero-order chi connectivity index (χ0) is 18.2. The molecule has 1 amide bonds. The number of carbonyl (C=O) groups excluding carboxylic acids is 1. The van der Waals surface area contributed by atoms with Crippen LogP contribution in [0.2, 0.25) is 0 Å². The number of benzene rings is 1. The lowest BCUT2D eigenvalue weighted by molar-refractivity contribution is -0.113. The van der Waals surface area contributed by atoms with E-state index in [2.05, 4.69) is 26.8 Å². The predicted molar refractivity (Wildman–Crippen MR) is 107 cm³/mol. The normalized spacial score (nSPS) is 10.7. The number of anilines is 1. The summed E-state index contributed by atoms with van der Waals surface area (Å²) >= 11 is 3.15. The third-order valence-corrected chi connectivity index (χ3v) is 5.10. The number of carbonyl (C=O) groups is 1. The average Bonchev–Trinajstić information content (AvgIpc) is 3.09. The highest BCUT2D eigenvalue weighted by atomic mass is 32.2. The number of pyridine rings is 1. The van der Waals surface area contributed by atoms with Crippen molar-refractivity contribution in [3.63, 3.8) is 0 Å². The van der Waals surface area contributed by atoms with Crippen LogP contribution in [0.3, 0.4) is 0 Å². The fraction of sp³-hybridized carbons (Fsp3) is 0.222. The Hall–Kier alpha value is -2.32. The van der Waals surface area contributed by atoms with E-state index in [1.165, 1.54) is 11.8 Å². The Morgan fingerprint density at radius 2 is 2.00 bits per heavy atom. The molecule has 8 heteroatoms. The zero-order valence-corrected chi connectivity index (χ0v) is 16.0. The van der Waals surface area contributed by atoms with Crippen LogP contribution in [0.5, 0.6) is 0 Å². The Kier molecular flexibility index (Phi) is 6.68. The van der Waals surface area contributed by atoms with Crippen molar-refractivity contribution in [1.82, 2.24) is 19.7 Å². The Labute approximate surface area is 160 Å². The van der Waals surface area contributed by atoms with Crippen LogP contribution >= 0.6 is 23.5 Å². The summed E-state index contributed by atoms with van der Waals surface area (Å²) in [4.78, 5) is 16.3. The van der Waals surface area contributed by atoms with Gasteiger partial charge in [0.05, 0.1) is 5.75 Å². The van der Waals surface area contributed by atoms with Gasteiger partial charge in [-0.3, -0.25) is 9.78 Å². The summed E-state index contributed by atoms with van der Waals surface area (Å²) in [7, 11) is 0. The Morgan fingerprint density at radius 3 is 2.73 bits per heavy atom. The van der Waals surface area contributed by atoms with Gasteiger partial charge in [-0.05, 0) is 30.5 Å². The smallest absolute Gasteiger partial charge is 0.234 e. The molecule has 3 rings (SSSR count). The van der Waals surface area contributed by atoms with Crippen LogP contribution in [-0.2, 0) is 11.3 Å². The van der Waals surface area contributed by atoms with E-state index in [-0.39, 0.29) is 11.7 Å². The standard InChI is InChI=1S/C18H19N5OS2/c1-25-11-10-23-17(14-6-5-9-19-12-14)21-22-18(23)26-13-16(24)20-15-7-3-2-4-8-15/h2-9,12H,10-11,13H2,1H3,(H,20,24). The van der Waals surface area contributed by atoms with Gasteiger partial charge in [0.2, 0.25) is 5.91 Å². The molecule has 26 heavy (non-hydrogen) atoms. The molecule has 0 bridgehead atoms. The first kappa shape index (κ1) is 18.5. The third-order valence-electron chi connectivity index (χ3n) is 3.55. The van der Waals surface area contributed by atoms with Crippen LogP contribution in [0.25, 0.3) is 11.4 Å². The number of rotatable bonds is 8. The minimum absolute atomic E-state index is 0.0662. The van der Waals surface area contributed by atoms with Crippen molar-refractivity contribution in [3.05, 3.63) is 54.9 Å². The third kappa shape index (κ3) is 4.86. The van der Waals surface area contributed by atoms with E-state index in [1.807, 2.05) is 47.0 Å². The molecule has 0 aliphatic rings. The quantitative estimate of drug-likeness (QED) is 0.599. The van der Waals surface area contributed by atoms with E-state index in [1.54, 1.807) is 24.2 Å². The van der Waals surface area contributed by atoms with Crippen molar-refractivity contribution < 1.29 is 4.79 Å². The molecule has 0 atom stereocenters. The van der Waals surface area contributed by atoms with E-state index < -0.39 is 0 Å². The molecule has 0 unspecified atom stereocenters. The summed E-state index contributed by atoms with van der Waals surface area (Å²) in [6.45, 7) is 0.779. The predicted octanol–water partition coefficient (Wildman–Crippen LogP) is 3.43. The van der Waals surface area contributed by atoms with Crippen molar-refractivity contribution in [2.24, 2.45) is 0 Å². The fourth-order valence-corrected chi connectivity index (χ4v) is 3.47. The van der Waals surface area contributed by atoms with E-state index in [0.717, 1.165) is 34.5 Å². The number of aromatic nitrogens is 4. The van der Waals surface area contributed by atoms with Gasteiger partial charge in [0, 0.05) is 35.9 Å². The van der Waals surface area contributed by atoms with Gasteiger partial charge in [0.25, 0.3) is 0 Å². The van der Waals surface area contributed by atoms with Crippen molar-refractivity contribution >= 4 is 35.1 Å². The molecule has 0 radical (unpaired) electrons. The summed E-state index contributed by atoms with van der Waals surface area (Å²) in [5, 5.41) is 12.2. The molecule has 0 aliphatic heterocycles. The number of hydrogen-bond donors (Lipinski definition) is 1. The topological polar surface area (TPSA) is 72.7 Å². The number of amides is 1. The van der Waals surface area contributed by atoms with E-state index in [0.29, 0.717) is 0 Å². The minimum atomic E-state index is -0.0662. The van der Waals surface area contributed by atoms with Crippen molar-refractivity contribution in [1.29, 1.82) is 0 Å². The molecule has 134 valence electrons. The van der Waals surface area contributed by atoms with Crippen molar-refractivity contribution in [2.45, 2.75) is 11.7 Å². The molecule has 0 aliphatic carbocycles. The summed E-state index contributed by atoms with van der Waals surface area (Å²) in [5.41, 5.74) is 1.71. The molecule has 2 heterocycles. The van der Waals surface area contributed by atoms with Crippen LogP contribution < -0.4 is 5.32 Å². The largest absolute Gasteiger partial charge is 0.325 e. The minimum Gasteiger partial charge on any atom is -0.325 e. The Morgan fingerprint density at radius 1 is 1.15 bits per heavy atom. The molecule has 6 nitrogen and oxygen atoms in total. The highest BCUT2D eigenvalue weighted by molar-refractivity contribution is 7.99. The molecule has 1 aromatic carbocycles. The highest BCUT2D eigenvalue weighted by Gasteiger charge is 2.15. The second-order valence-corrected chi connectivity index (χ2v) is 7.32. The number of nitrogens with zero attached hydrogens (tertiary/aromatic N) is 4. The lowest BCUT2D eigenvalue weighted by Gasteiger charge is -2.09. The van der Waals surface area contributed by atoms with E-state index in [4.69, 9.17) is 0 Å². The maximum absolute atomic E-state index is 12.2. The van der Waals surface area contributed by atoms with E-state index >= 15 is 0 Å². The molecular weight excluding hydrogens is 366 g/mol. The van der Waals surface area contributed by atoms with E-state index in [9.17, 15) is 4.79 Å². The van der Waals surface area contributed by atoms with Crippen LogP contribution in [0.15, 0.2) is 60.0 Å². The second kappa shape index (κ2) is 9.40. The number of thioether (sulfide) groups is 2. The van der Waals surface area contributed by atoms with Gasteiger partial charge >= 0.3 is 0 Å². The highest BCUT2D eigenvalue weighted by Crippen LogP contribution is 2.24. The van der Waals surface area contributed by atoms with Crippen molar-refractivity contribution in [2.75, 3.05) is 23.1 Å². The molecule has 2 aromatic heterocycles. The summed E-state index contributed by atoms with van der Waals surface area (Å²) in [5.74, 6) is 1.93. The van der Waals surface area contributed by atoms with Gasteiger partial charge in [0.1, 0.15) is 0 Å². The molecule has 0 spiro atoms. The van der Waals surface area contributed by atoms with Gasteiger partial charge in [-0.2, -0.15) is 11.8 Å². The van der Waals surface area contributed by atoms with Gasteiger partial charge in [0.15, 0.2) is 11.0 Å². The monoisotopic (exact) mass is 385 g/mol. The number of hydrogen-bond acceptors (Lipinski definition) is 6. The summed E-state index contributed by atoms with van der Waals surface area (Å²) in [6, 6.07) is 13.3. The molecule has 3 aromatic rings. The fourth-order valence-electron chi connectivity index (χ4n) is 2.34. The molecule has 0 saturated heterocycles. The number of nitrogens with one attached hydrogen (secondary N) is 1. The van der Waals surface area contributed by atoms with Gasteiger partial charge < -0.3 is 9.88 Å². The first-order valence-corrected chi connectivity index (χ1v) is 10.5. The second-order valence-electron chi connectivity index (χ2n) is 5.40. The van der Waals surface area contributed by atoms with Gasteiger partial charge in [-0.15, -0.1) is 10.2 Å². The maximum Gasteiger partial charge on any atom is 0.234 e. The zero-order valence-electron chi connectivity index (χ0n) is 14.3. The average molecular weight is 386 g/mol. The Bertz CT molecular complexity index is 839. The molecule has 0 saturated carbocycles. The maximum atomic E-state index is 12.2.